The number of pyridine rings is 1. The van der Waals surface area contributed by atoms with Gasteiger partial charge in [0.2, 0.25) is 0 Å². The molecule has 0 amide bonds. The van der Waals surface area contributed by atoms with Gasteiger partial charge in [0, 0.05) is 55.4 Å². The van der Waals surface area contributed by atoms with Crippen LogP contribution in [0.3, 0.4) is 0 Å². The maximum atomic E-state index is 12.2. The van der Waals surface area contributed by atoms with Crippen molar-refractivity contribution in [3.8, 4) is 11.3 Å². The lowest BCUT2D eigenvalue weighted by atomic mass is 10.0. The highest BCUT2D eigenvalue weighted by molar-refractivity contribution is 5.63. The van der Waals surface area contributed by atoms with Gasteiger partial charge in [0.15, 0.2) is 11.5 Å². The zero-order chi connectivity index (χ0) is 20.0. The van der Waals surface area contributed by atoms with Gasteiger partial charge in [0.1, 0.15) is 0 Å². The first-order valence-electron chi connectivity index (χ1n) is 9.47. The number of hydrogen-bond donors (Lipinski definition) is 0. The Bertz CT molecular complexity index is 1300. The van der Waals surface area contributed by atoms with Crippen molar-refractivity contribution in [3.05, 3.63) is 75.6 Å². The summed E-state index contributed by atoms with van der Waals surface area (Å²) in [5, 5.41) is 12.9. The third-order valence-corrected chi connectivity index (χ3v) is 5.28. The van der Waals surface area contributed by atoms with E-state index in [1.165, 1.54) is 16.8 Å². The topological polar surface area (TPSA) is 89.2 Å². The van der Waals surface area contributed by atoms with Gasteiger partial charge >= 0.3 is 0 Å². The zero-order valence-corrected chi connectivity index (χ0v) is 16.2. The summed E-state index contributed by atoms with van der Waals surface area (Å²) in [7, 11) is 0. The molecule has 0 aromatic carbocycles. The lowest BCUT2D eigenvalue weighted by molar-refractivity contribution is 0.685. The first kappa shape index (κ1) is 17.4. The molecule has 1 aliphatic rings. The molecule has 5 heterocycles. The Hall–Kier alpha value is -3.68. The van der Waals surface area contributed by atoms with Crippen molar-refractivity contribution in [2.24, 2.45) is 0 Å². The van der Waals surface area contributed by atoms with Crippen molar-refractivity contribution in [3.63, 3.8) is 0 Å². The van der Waals surface area contributed by atoms with E-state index in [2.05, 4.69) is 36.2 Å². The van der Waals surface area contributed by atoms with Crippen LogP contribution in [0.2, 0.25) is 0 Å². The normalized spacial score (nSPS) is 13.5. The Labute approximate surface area is 166 Å². The van der Waals surface area contributed by atoms with Gasteiger partial charge in [0.25, 0.3) is 5.56 Å². The second-order valence-electron chi connectivity index (χ2n) is 7.27. The number of anilines is 1. The molecule has 5 rings (SSSR count). The molecule has 0 bridgehead atoms. The van der Waals surface area contributed by atoms with Crippen molar-refractivity contribution in [1.82, 2.24) is 29.8 Å². The molecule has 0 fully saturated rings. The lowest BCUT2D eigenvalue weighted by Gasteiger charge is -2.30. The summed E-state index contributed by atoms with van der Waals surface area (Å²) in [4.78, 5) is 23.3. The van der Waals surface area contributed by atoms with E-state index < -0.39 is 0 Å². The van der Waals surface area contributed by atoms with Crippen LogP contribution in [0.4, 0.5) is 5.82 Å². The highest BCUT2D eigenvalue weighted by Crippen LogP contribution is 2.28. The predicted octanol–water partition coefficient (Wildman–Crippen LogP) is 2.12. The van der Waals surface area contributed by atoms with Crippen molar-refractivity contribution in [1.29, 1.82) is 0 Å². The first-order valence-corrected chi connectivity index (χ1v) is 9.47. The molecule has 144 valence electrons. The van der Waals surface area contributed by atoms with Gasteiger partial charge in [-0.05, 0) is 48.7 Å². The quantitative estimate of drug-likeness (QED) is 0.522. The van der Waals surface area contributed by atoms with Gasteiger partial charge in [-0.25, -0.2) is 4.98 Å². The second-order valence-corrected chi connectivity index (χ2v) is 7.27. The fourth-order valence-electron chi connectivity index (χ4n) is 3.77. The van der Waals surface area contributed by atoms with Crippen molar-refractivity contribution >= 4 is 11.5 Å². The SMILES string of the molecule is Cc1ccnnc1-c1cnc2c(c1)CN(c1nn3c(=O)ccnc3cc1C)CC2. The van der Waals surface area contributed by atoms with Gasteiger partial charge in [-0.15, -0.1) is 5.10 Å². The maximum absolute atomic E-state index is 12.2. The molecule has 0 radical (unpaired) electrons. The Morgan fingerprint density at radius 3 is 2.79 bits per heavy atom. The average Bonchev–Trinajstić information content (AvgIpc) is 2.73. The molecule has 4 aromatic rings. The van der Waals surface area contributed by atoms with Crippen LogP contribution < -0.4 is 10.5 Å². The van der Waals surface area contributed by atoms with Crippen LogP contribution in [0.15, 0.2) is 47.7 Å². The Balaban J connectivity index is 1.54. The average molecular weight is 385 g/mol. The van der Waals surface area contributed by atoms with Crippen molar-refractivity contribution < 1.29 is 0 Å². The number of nitrogens with zero attached hydrogens (tertiary/aromatic N) is 7. The van der Waals surface area contributed by atoms with Crippen LogP contribution in [0, 0.1) is 13.8 Å². The van der Waals surface area contributed by atoms with E-state index in [0.717, 1.165) is 52.4 Å². The van der Waals surface area contributed by atoms with Crippen LogP contribution in [-0.2, 0) is 13.0 Å². The Morgan fingerprint density at radius 2 is 1.93 bits per heavy atom. The summed E-state index contributed by atoms with van der Waals surface area (Å²) < 4.78 is 1.36. The second kappa shape index (κ2) is 6.73. The van der Waals surface area contributed by atoms with E-state index in [1.807, 2.05) is 32.2 Å². The maximum Gasteiger partial charge on any atom is 0.274 e. The molecular weight excluding hydrogens is 366 g/mol. The molecule has 8 nitrogen and oxygen atoms in total. The van der Waals surface area contributed by atoms with E-state index in [9.17, 15) is 4.79 Å². The van der Waals surface area contributed by atoms with Gasteiger partial charge in [-0.1, -0.05) is 0 Å². The van der Waals surface area contributed by atoms with E-state index in [4.69, 9.17) is 0 Å². The minimum atomic E-state index is -0.185. The third kappa shape index (κ3) is 3.02. The summed E-state index contributed by atoms with van der Waals surface area (Å²) in [5.41, 5.74) is 6.45. The van der Waals surface area contributed by atoms with Gasteiger partial charge < -0.3 is 4.90 Å². The number of aryl methyl sites for hydroxylation is 2. The number of aromatic nitrogens is 6. The summed E-state index contributed by atoms with van der Waals surface area (Å²) in [5.74, 6) is 0.791. The fraction of sp³-hybridized carbons (Fsp3) is 0.238. The monoisotopic (exact) mass is 385 g/mol. The molecule has 1 aliphatic heterocycles. The van der Waals surface area contributed by atoms with Crippen molar-refractivity contribution in [2.75, 3.05) is 11.4 Å². The van der Waals surface area contributed by atoms with Crippen LogP contribution in [0.5, 0.6) is 0 Å². The predicted molar refractivity (Wildman–Crippen MR) is 109 cm³/mol. The van der Waals surface area contributed by atoms with Crippen LogP contribution in [-0.4, -0.2) is 36.3 Å². The van der Waals surface area contributed by atoms with E-state index in [0.29, 0.717) is 12.2 Å². The molecule has 0 unspecified atom stereocenters. The number of fused-ring (bicyclic) bond motifs is 2. The van der Waals surface area contributed by atoms with Crippen LogP contribution in [0.25, 0.3) is 16.9 Å². The Morgan fingerprint density at radius 1 is 1.03 bits per heavy atom. The third-order valence-electron chi connectivity index (χ3n) is 5.28. The van der Waals surface area contributed by atoms with E-state index in [-0.39, 0.29) is 5.56 Å². The minimum absolute atomic E-state index is 0.185. The number of hydrogen-bond acceptors (Lipinski definition) is 7. The van der Waals surface area contributed by atoms with Gasteiger partial charge in [0.05, 0.1) is 5.69 Å². The summed E-state index contributed by atoms with van der Waals surface area (Å²) in [6.45, 7) is 5.47. The molecule has 0 spiro atoms. The van der Waals surface area contributed by atoms with Crippen LogP contribution >= 0.6 is 0 Å². The molecule has 0 aliphatic carbocycles. The molecule has 0 saturated carbocycles. The van der Waals surface area contributed by atoms with Gasteiger partial charge in [-0.2, -0.15) is 14.7 Å². The standard InChI is InChI=1S/C21H19N7O/c1-13-3-7-24-25-20(13)15-10-16-12-27(8-5-17(16)23-11-15)21-14(2)9-18-22-6-4-19(29)28(18)26-21/h3-4,6-7,9-11H,5,8,12H2,1-2H3. The van der Waals surface area contributed by atoms with Crippen molar-refractivity contribution in [2.45, 2.75) is 26.8 Å². The highest BCUT2D eigenvalue weighted by atomic mass is 16.1. The van der Waals surface area contributed by atoms with E-state index in [1.54, 1.807) is 6.20 Å². The Kier molecular flexibility index (Phi) is 4.04. The molecule has 4 aromatic heterocycles. The summed E-state index contributed by atoms with van der Waals surface area (Å²) in [6.07, 6.45) is 5.89. The highest BCUT2D eigenvalue weighted by Gasteiger charge is 2.22. The van der Waals surface area contributed by atoms with E-state index >= 15 is 0 Å². The molecular formula is C21H19N7O. The molecule has 8 heteroatoms. The summed E-state index contributed by atoms with van der Waals surface area (Å²) >= 11 is 0. The molecule has 29 heavy (non-hydrogen) atoms. The van der Waals surface area contributed by atoms with Crippen LogP contribution in [0.1, 0.15) is 22.4 Å². The fourth-order valence-corrected chi connectivity index (χ4v) is 3.77. The largest absolute Gasteiger partial charge is 0.350 e. The zero-order valence-electron chi connectivity index (χ0n) is 16.2. The minimum Gasteiger partial charge on any atom is -0.350 e. The molecule has 0 saturated heterocycles. The first-order chi connectivity index (χ1) is 14.1. The molecule has 0 atom stereocenters. The van der Waals surface area contributed by atoms with Gasteiger partial charge in [-0.3, -0.25) is 9.78 Å². The summed E-state index contributed by atoms with van der Waals surface area (Å²) in [6, 6.07) is 7.40. The lowest BCUT2D eigenvalue weighted by Crippen LogP contribution is -2.33. The number of rotatable bonds is 2. The smallest absolute Gasteiger partial charge is 0.274 e. The molecule has 0 N–H and O–H groups in total.